The minimum atomic E-state index is -2.63. The van der Waals surface area contributed by atoms with Crippen molar-refractivity contribution < 1.29 is 22.3 Å². The molecule has 0 bridgehead atoms. The molecule has 1 saturated carbocycles. The van der Waals surface area contributed by atoms with E-state index in [0.717, 1.165) is 11.6 Å². The van der Waals surface area contributed by atoms with E-state index in [1.807, 2.05) is 6.92 Å². The number of aryl methyl sites for hydroxylation is 2. The third-order valence-corrected chi connectivity index (χ3v) is 7.23. The second-order valence-corrected chi connectivity index (χ2v) is 9.87. The van der Waals surface area contributed by atoms with Crippen LogP contribution in [-0.2, 0) is 4.74 Å². The summed E-state index contributed by atoms with van der Waals surface area (Å²) in [7, 11) is 0. The summed E-state index contributed by atoms with van der Waals surface area (Å²) < 4.78 is 62.6. The topological polar surface area (TPSA) is 78.6 Å². The Labute approximate surface area is 209 Å². The molecule has 0 radical (unpaired) electrons. The summed E-state index contributed by atoms with van der Waals surface area (Å²) >= 11 is 0. The van der Waals surface area contributed by atoms with E-state index < -0.39 is 17.6 Å². The van der Waals surface area contributed by atoms with Gasteiger partial charge in [-0.25, -0.2) is 37.5 Å². The highest BCUT2D eigenvalue weighted by molar-refractivity contribution is 5.87. The normalized spacial score (nSPS) is 21.8. The molecule has 37 heavy (non-hydrogen) atoms. The Bertz CT molecular complexity index is 1500. The van der Waals surface area contributed by atoms with Crippen molar-refractivity contribution in [2.75, 3.05) is 6.61 Å². The highest BCUT2D eigenvalue weighted by Gasteiger charge is 2.46. The Balaban J connectivity index is 1.35. The lowest BCUT2D eigenvalue weighted by Crippen LogP contribution is -2.37. The number of hydrogen-bond donors (Lipinski definition) is 0. The zero-order valence-electron chi connectivity index (χ0n) is 20.3. The van der Waals surface area contributed by atoms with Crippen LogP contribution in [0.2, 0.25) is 0 Å². The van der Waals surface area contributed by atoms with Gasteiger partial charge in [0.1, 0.15) is 28.7 Å². The highest BCUT2D eigenvalue weighted by Crippen LogP contribution is 2.46. The summed E-state index contributed by atoms with van der Waals surface area (Å²) in [6.45, 7) is 4.05. The first-order valence-electron chi connectivity index (χ1n) is 12.2. The second kappa shape index (κ2) is 8.83. The molecule has 1 aromatic carbocycles. The molecule has 7 nitrogen and oxygen atoms in total. The van der Waals surface area contributed by atoms with E-state index in [1.165, 1.54) is 12.1 Å². The van der Waals surface area contributed by atoms with Crippen LogP contribution in [0.4, 0.5) is 17.6 Å². The smallest absolute Gasteiger partial charge is 0.252 e. The zero-order valence-corrected chi connectivity index (χ0v) is 20.3. The number of alkyl halides is 2. The van der Waals surface area contributed by atoms with Crippen molar-refractivity contribution in [2.45, 2.75) is 63.5 Å². The van der Waals surface area contributed by atoms with Gasteiger partial charge in [-0.15, -0.1) is 0 Å². The van der Waals surface area contributed by atoms with E-state index in [0.29, 0.717) is 47.8 Å². The van der Waals surface area contributed by atoms with Crippen LogP contribution in [-0.4, -0.2) is 42.2 Å². The first-order valence-corrected chi connectivity index (χ1v) is 12.2. The average molecular weight is 513 g/mol. The van der Waals surface area contributed by atoms with Crippen LogP contribution < -0.4 is 0 Å². The number of aromatic nitrogens is 6. The van der Waals surface area contributed by atoms with E-state index in [4.69, 9.17) is 14.7 Å². The predicted octanol–water partition coefficient (Wildman–Crippen LogP) is 5.78. The van der Waals surface area contributed by atoms with Gasteiger partial charge in [0.2, 0.25) is 0 Å². The first-order chi connectivity index (χ1) is 17.7. The molecule has 4 aromatic rings. The van der Waals surface area contributed by atoms with E-state index in [-0.39, 0.29) is 42.2 Å². The third kappa shape index (κ3) is 4.45. The van der Waals surface area contributed by atoms with Crippen molar-refractivity contribution in [3.05, 3.63) is 65.0 Å². The lowest BCUT2D eigenvalue weighted by atomic mass is 9.88. The Kier molecular flexibility index (Phi) is 5.70. The largest absolute Gasteiger partial charge is 0.373 e. The lowest BCUT2D eigenvalue weighted by molar-refractivity contribution is -0.107. The van der Waals surface area contributed by atoms with E-state index in [9.17, 15) is 17.6 Å². The number of halogens is 4. The van der Waals surface area contributed by atoms with Gasteiger partial charge < -0.3 is 4.74 Å². The minimum Gasteiger partial charge on any atom is -0.373 e. The van der Waals surface area contributed by atoms with Crippen molar-refractivity contribution in [3.63, 3.8) is 0 Å². The maximum atomic E-state index is 14.8. The fourth-order valence-corrected chi connectivity index (χ4v) is 4.98. The number of rotatable bonds is 4. The molecule has 11 heteroatoms. The van der Waals surface area contributed by atoms with Gasteiger partial charge in [-0.3, -0.25) is 4.68 Å². The Morgan fingerprint density at radius 2 is 1.81 bits per heavy atom. The molecule has 1 aliphatic heterocycles. The summed E-state index contributed by atoms with van der Waals surface area (Å²) in [5, 5.41) is 4.29. The maximum absolute atomic E-state index is 14.8. The predicted molar refractivity (Wildman–Crippen MR) is 126 cm³/mol. The first kappa shape index (κ1) is 23.9. The minimum absolute atomic E-state index is 0.120. The van der Waals surface area contributed by atoms with E-state index >= 15 is 0 Å². The van der Waals surface area contributed by atoms with Crippen LogP contribution in [0.15, 0.2) is 30.6 Å². The van der Waals surface area contributed by atoms with Crippen LogP contribution in [0.3, 0.4) is 0 Å². The number of hydrogen-bond acceptors (Lipinski definition) is 6. The van der Waals surface area contributed by atoms with Crippen molar-refractivity contribution in [3.8, 4) is 11.3 Å². The highest BCUT2D eigenvalue weighted by atomic mass is 19.3. The fraction of sp³-hybridized carbons (Fsp3) is 0.423. The van der Waals surface area contributed by atoms with Crippen molar-refractivity contribution in [2.24, 2.45) is 0 Å². The van der Waals surface area contributed by atoms with Crippen LogP contribution in [0.5, 0.6) is 0 Å². The van der Waals surface area contributed by atoms with Crippen molar-refractivity contribution in [1.82, 2.24) is 29.7 Å². The van der Waals surface area contributed by atoms with Gasteiger partial charge in [-0.05, 0) is 38.8 Å². The standard InChI is InChI=1S/C26H24F4N6O/c1-13-14(2)33-25-23(32-13)22(19-4-3-17(27)8-20(19)28)34-24(35-25)15-5-6-37-21(7-15)16-11-31-36(12-16)18-9-26(29,30)10-18/h3-4,8,11-12,15,18,21H,5-7,9-10H2,1-2H3/t15-,21+/m0/s1. The van der Waals surface area contributed by atoms with Gasteiger partial charge in [0.05, 0.1) is 29.7 Å². The zero-order chi connectivity index (χ0) is 25.9. The quantitative estimate of drug-likeness (QED) is 0.323. The third-order valence-electron chi connectivity index (χ3n) is 7.23. The molecule has 3 aromatic heterocycles. The molecule has 4 heterocycles. The number of benzene rings is 1. The Morgan fingerprint density at radius 3 is 2.57 bits per heavy atom. The molecule has 1 aliphatic carbocycles. The van der Waals surface area contributed by atoms with E-state index in [1.54, 1.807) is 24.0 Å². The maximum Gasteiger partial charge on any atom is 0.252 e. The summed E-state index contributed by atoms with van der Waals surface area (Å²) in [5.74, 6) is -3.72. The molecule has 2 fully saturated rings. The summed E-state index contributed by atoms with van der Waals surface area (Å²) in [4.78, 5) is 18.6. The number of ether oxygens (including phenoxy) is 1. The average Bonchev–Trinajstić information content (AvgIpc) is 3.33. The van der Waals surface area contributed by atoms with Gasteiger partial charge in [-0.2, -0.15) is 5.10 Å². The molecule has 2 atom stereocenters. The van der Waals surface area contributed by atoms with E-state index in [2.05, 4.69) is 15.1 Å². The lowest BCUT2D eigenvalue weighted by Gasteiger charge is -2.34. The molecule has 0 spiro atoms. The fourth-order valence-electron chi connectivity index (χ4n) is 4.98. The molecule has 6 rings (SSSR count). The molecule has 2 aliphatic rings. The van der Waals surface area contributed by atoms with Crippen LogP contribution in [0, 0.1) is 25.5 Å². The van der Waals surface area contributed by atoms with Gasteiger partial charge >= 0.3 is 0 Å². The molecule has 192 valence electrons. The van der Waals surface area contributed by atoms with Gasteiger partial charge in [0.15, 0.2) is 5.65 Å². The molecule has 0 amide bonds. The Morgan fingerprint density at radius 1 is 1.03 bits per heavy atom. The van der Waals surface area contributed by atoms with Crippen molar-refractivity contribution in [1.29, 1.82) is 0 Å². The van der Waals surface area contributed by atoms with Crippen molar-refractivity contribution >= 4 is 11.2 Å². The van der Waals surface area contributed by atoms with Crippen LogP contribution in [0.25, 0.3) is 22.4 Å². The molecule has 0 unspecified atom stereocenters. The molecular weight excluding hydrogens is 488 g/mol. The summed E-state index contributed by atoms with van der Waals surface area (Å²) in [6.07, 6.45) is 3.85. The number of nitrogens with zero attached hydrogens (tertiary/aromatic N) is 6. The number of fused-ring (bicyclic) bond motifs is 1. The van der Waals surface area contributed by atoms with Gasteiger partial charge in [0.25, 0.3) is 5.92 Å². The molecule has 1 saturated heterocycles. The monoisotopic (exact) mass is 512 g/mol. The Hall–Kier alpha value is -3.47. The summed E-state index contributed by atoms with van der Waals surface area (Å²) in [5.41, 5.74) is 3.23. The molecular formula is C26H24F4N6O. The van der Waals surface area contributed by atoms with Crippen LogP contribution >= 0.6 is 0 Å². The van der Waals surface area contributed by atoms with Crippen LogP contribution in [0.1, 0.15) is 66.5 Å². The SMILES string of the molecule is Cc1nc2nc([C@H]3CCO[C@@H](c4cnn(C5CC(F)(F)C5)c4)C3)nc(-c3ccc(F)cc3F)c2nc1C. The second-order valence-electron chi connectivity index (χ2n) is 9.87. The van der Waals surface area contributed by atoms with Gasteiger partial charge in [-0.1, -0.05) is 0 Å². The summed E-state index contributed by atoms with van der Waals surface area (Å²) in [6, 6.07) is 3.03. The van der Waals surface area contributed by atoms with Gasteiger partial charge in [0, 0.05) is 48.8 Å². The molecule has 0 N–H and O–H groups in total.